The first-order chi connectivity index (χ1) is 12.2. The third-order valence-corrected chi connectivity index (χ3v) is 4.27. The molecule has 9 nitrogen and oxygen atoms in total. The van der Waals surface area contributed by atoms with Gasteiger partial charge in [-0.15, -0.1) is 0 Å². The van der Waals surface area contributed by atoms with Crippen LogP contribution in [-0.4, -0.2) is 70.7 Å². The average molecular weight is 386 g/mol. The largest absolute Gasteiger partial charge is 0.465 e. The van der Waals surface area contributed by atoms with E-state index in [0.717, 1.165) is 0 Å². The van der Waals surface area contributed by atoms with Crippen LogP contribution in [0.1, 0.15) is 13.8 Å². The Morgan fingerprint density at radius 1 is 1.15 bits per heavy atom. The van der Waals surface area contributed by atoms with Gasteiger partial charge in [-0.25, -0.2) is 0 Å². The molecule has 1 aliphatic heterocycles. The summed E-state index contributed by atoms with van der Waals surface area (Å²) in [7, 11) is -1.50. The minimum absolute atomic E-state index is 0.0355. The normalized spacial score (nSPS) is 20.7. The molecule has 0 saturated heterocycles. The van der Waals surface area contributed by atoms with Crippen molar-refractivity contribution in [2.75, 3.05) is 25.2 Å². The van der Waals surface area contributed by atoms with Crippen molar-refractivity contribution in [1.29, 1.82) is 0 Å². The van der Waals surface area contributed by atoms with Gasteiger partial charge in [-0.1, -0.05) is 0 Å². The highest BCUT2D eigenvalue weighted by atomic mass is 32.2. The molecule has 3 atom stereocenters. The predicted molar refractivity (Wildman–Crippen MR) is 94.0 cm³/mol. The van der Waals surface area contributed by atoms with Gasteiger partial charge >= 0.3 is 11.9 Å². The Hall–Kier alpha value is -2.20. The van der Waals surface area contributed by atoms with Crippen LogP contribution in [0.15, 0.2) is 17.1 Å². The molecule has 0 saturated carbocycles. The van der Waals surface area contributed by atoms with Gasteiger partial charge in [0.1, 0.15) is 6.04 Å². The summed E-state index contributed by atoms with van der Waals surface area (Å²) in [5.41, 5.74) is 3.68. The van der Waals surface area contributed by atoms with E-state index in [1.165, 1.54) is 38.5 Å². The van der Waals surface area contributed by atoms with Gasteiger partial charge in [-0.05, 0) is 26.0 Å². The van der Waals surface area contributed by atoms with E-state index in [9.17, 15) is 23.4 Å². The van der Waals surface area contributed by atoms with Crippen LogP contribution in [-0.2, 0) is 39.5 Å². The molecule has 0 aromatic carbocycles. The zero-order valence-electron chi connectivity index (χ0n) is 14.8. The molecule has 0 fully saturated rings. The standard InChI is InChI=1S/C16H22N2O7S/c1-4-24-14(21)11(15(22)25-5-2)16(7-6-8-18-16)13(20)12(17)10(19)9-26(3)23/h6-8,11-12H,4-5,9,17H2,1-3H3. The van der Waals surface area contributed by atoms with Crippen molar-refractivity contribution in [2.24, 2.45) is 16.6 Å². The zero-order chi connectivity index (χ0) is 19.9. The van der Waals surface area contributed by atoms with Crippen LogP contribution in [0.2, 0.25) is 0 Å². The van der Waals surface area contributed by atoms with Crippen LogP contribution in [0.4, 0.5) is 0 Å². The third kappa shape index (κ3) is 4.70. The number of carbonyl (C=O) groups is 4. The summed E-state index contributed by atoms with van der Waals surface area (Å²) in [5.74, 6) is -5.94. The van der Waals surface area contributed by atoms with Crippen molar-refractivity contribution >= 4 is 40.5 Å². The number of esters is 2. The Labute approximate surface area is 153 Å². The summed E-state index contributed by atoms with van der Waals surface area (Å²) < 4.78 is 21.0. The Balaban J connectivity index is 3.32. The molecular formula is C16H22N2O7S. The quantitative estimate of drug-likeness (QED) is 0.370. The molecule has 0 aliphatic carbocycles. The molecule has 0 aromatic heterocycles. The highest BCUT2D eigenvalue weighted by Crippen LogP contribution is 2.32. The summed E-state index contributed by atoms with van der Waals surface area (Å²) in [4.78, 5) is 53.7. The molecule has 1 aliphatic rings. The van der Waals surface area contributed by atoms with E-state index in [0.29, 0.717) is 0 Å². The number of Topliss-reactive ketones (excluding diaryl/α,β-unsaturated/α-hetero) is 2. The maximum Gasteiger partial charge on any atom is 0.323 e. The van der Waals surface area contributed by atoms with E-state index in [4.69, 9.17) is 15.2 Å². The molecular weight excluding hydrogens is 364 g/mol. The highest BCUT2D eigenvalue weighted by Gasteiger charge is 2.56. The molecule has 0 radical (unpaired) electrons. The minimum Gasteiger partial charge on any atom is -0.465 e. The lowest BCUT2D eigenvalue weighted by Gasteiger charge is -2.30. The summed E-state index contributed by atoms with van der Waals surface area (Å²) in [5, 5.41) is 0. The van der Waals surface area contributed by atoms with Gasteiger partial charge in [-0.2, -0.15) is 0 Å². The van der Waals surface area contributed by atoms with E-state index in [1.54, 1.807) is 0 Å². The summed E-state index contributed by atoms with van der Waals surface area (Å²) >= 11 is 0. The van der Waals surface area contributed by atoms with Gasteiger partial charge in [0, 0.05) is 23.3 Å². The number of nitrogens with two attached hydrogens (primary N) is 1. The van der Waals surface area contributed by atoms with E-state index in [-0.39, 0.29) is 13.2 Å². The number of hydrogen-bond donors (Lipinski definition) is 1. The minimum atomic E-state index is -2.04. The molecule has 1 rings (SSSR count). The monoisotopic (exact) mass is 386 g/mol. The smallest absolute Gasteiger partial charge is 0.323 e. The zero-order valence-corrected chi connectivity index (χ0v) is 15.6. The number of rotatable bonds is 10. The highest BCUT2D eigenvalue weighted by molar-refractivity contribution is 7.85. The van der Waals surface area contributed by atoms with Gasteiger partial charge in [0.2, 0.25) is 0 Å². The maximum atomic E-state index is 12.9. The van der Waals surface area contributed by atoms with Gasteiger partial charge < -0.3 is 15.2 Å². The number of aliphatic imine (C=N–C) groups is 1. The van der Waals surface area contributed by atoms with Crippen LogP contribution in [0, 0.1) is 5.92 Å². The second kappa shape index (κ2) is 9.48. The fourth-order valence-corrected chi connectivity index (χ4v) is 3.03. The second-order valence-corrected chi connectivity index (χ2v) is 6.86. The summed E-state index contributed by atoms with van der Waals surface area (Å²) in [6, 6.07) is -1.70. The molecule has 0 aromatic rings. The lowest BCUT2D eigenvalue weighted by molar-refractivity contribution is -0.166. The van der Waals surface area contributed by atoms with Crippen LogP contribution in [0.5, 0.6) is 0 Å². The molecule has 10 heteroatoms. The van der Waals surface area contributed by atoms with Crippen LogP contribution in [0.25, 0.3) is 0 Å². The molecule has 0 amide bonds. The Morgan fingerprint density at radius 2 is 1.69 bits per heavy atom. The fourth-order valence-electron chi connectivity index (χ4n) is 2.45. The van der Waals surface area contributed by atoms with Crippen molar-refractivity contribution in [1.82, 2.24) is 0 Å². The van der Waals surface area contributed by atoms with Crippen LogP contribution >= 0.6 is 0 Å². The van der Waals surface area contributed by atoms with Crippen LogP contribution in [0.3, 0.4) is 0 Å². The van der Waals surface area contributed by atoms with Crippen molar-refractivity contribution in [3.63, 3.8) is 0 Å². The number of allylic oxidation sites excluding steroid dienone is 1. The lowest BCUT2D eigenvalue weighted by Crippen LogP contribution is -2.58. The molecule has 0 bridgehead atoms. The molecule has 144 valence electrons. The van der Waals surface area contributed by atoms with Crippen molar-refractivity contribution in [3.05, 3.63) is 12.2 Å². The van der Waals surface area contributed by atoms with E-state index in [2.05, 4.69) is 4.99 Å². The summed E-state index contributed by atoms with van der Waals surface area (Å²) in [6.45, 7) is 3.00. The first-order valence-corrected chi connectivity index (χ1v) is 9.62. The Kier molecular flexibility index (Phi) is 7.97. The number of hydrogen-bond acceptors (Lipinski definition) is 9. The van der Waals surface area contributed by atoms with Crippen molar-refractivity contribution in [2.45, 2.75) is 25.4 Å². The Bertz CT molecular complexity index is 642. The first-order valence-electron chi connectivity index (χ1n) is 7.90. The predicted octanol–water partition coefficient (Wildman–Crippen LogP) is -1.05. The van der Waals surface area contributed by atoms with E-state index in [1.807, 2.05) is 0 Å². The third-order valence-electron chi connectivity index (χ3n) is 3.58. The van der Waals surface area contributed by atoms with Crippen molar-refractivity contribution in [3.8, 4) is 0 Å². The number of ketones is 2. The second-order valence-electron chi connectivity index (χ2n) is 5.43. The van der Waals surface area contributed by atoms with Gasteiger partial charge in [-0.3, -0.25) is 28.4 Å². The summed E-state index contributed by atoms with van der Waals surface area (Å²) in [6.07, 6.45) is 5.08. The molecule has 1 heterocycles. The number of carbonyl (C=O) groups excluding carboxylic acids is 4. The number of nitrogens with zero attached hydrogens (tertiary/aromatic N) is 1. The maximum absolute atomic E-state index is 12.9. The number of ether oxygens (including phenoxy) is 2. The fraction of sp³-hybridized carbons (Fsp3) is 0.562. The van der Waals surface area contributed by atoms with Gasteiger partial charge in [0.25, 0.3) is 0 Å². The molecule has 2 N–H and O–H groups in total. The molecule has 0 spiro atoms. The average Bonchev–Trinajstić information content (AvgIpc) is 3.04. The topological polar surface area (TPSA) is 142 Å². The SMILES string of the molecule is CCOC(=O)C(C(=O)OCC)C1(C(=O)C(N)C(=O)CS(C)=O)C=CC=N1. The van der Waals surface area contributed by atoms with Gasteiger partial charge in [0.15, 0.2) is 23.0 Å². The van der Waals surface area contributed by atoms with Crippen LogP contribution < -0.4 is 5.73 Å². The van der Waals surface area contributed by atoms with E-state index < -0.39 is 57.6 Å². The van der Waals surface area contributed by atoms with E-state index >= 15 is 0 Å². The Morgan fingerprint density at radius 3 is 2.08 bits per heavy atom. The van der Waals surface area contributed by atoms with Crippen molar-refractivity contribution < 1.29 is 32.9 Å². The molecule has 3 unspecified atom stereocenters. The lowest BCUT2D eigenvalue weighted by atomic mass is 9.77. The first kappa shape index (κ1) is 21.8. The van der Waals surface area contributed by atoms with Gasteiger partial charge in [0.05, 0.1) is 19.0 Å². The molecule has 26 heavy (non-hydrogen) atoms.